The maximum absolute atomic E-state index is 2.44. The monoisotopic (exact) mass is 876 g/mol. The maximum atomic E-state index is 2.44. The van der Waals surface area contributed by atoms with Crippen molar-refractivity contribution in [1.29, 1.82) is 0 Å². The summed E-state index contributed by atoms with van der Waals surface area (Å²) in [6.07, 6.45) is 9.05. The van der Waals surface area contributed by atoms with E-state index < -0.39 is 0 Å². The second-order valence-electron chi connectivity index (χ2n) is 17.4. The van der Waals surface area contributed by atoms with Crippen LogP contribution >= 0.6 is 22.7 Å². The Balaban J connectivity index is 0.967. The largest absolute Gasteiger partial charge is 0.301 e. The summed E-state index contributed by atoms with van der Waals surface area (Å²) < 4.78 is 9.77. The molecule has 0 atom stereocenters. The Hall–Kier alpha value is -8.16. The molecule has 0 amide bonds. The zero-order chi connectivity index (χ0) is 43.0. The molecule has 14 aromatic rings. The number of fused-ring (bicyclic) bond motifs is 4. The van der Waals surface area contributed by atoms with Gasteiger partial charge < -0.3 is 18.3 Å². The zero-order valence-electron chi connectivity index (χ0n) is 35.4. The van der Waals surface area contributed by atoms with Crippen LogP contribution in [-0.4, -0.2) is 18.3 Å². The predicted octanol–water partition coefficient (Wildman–Crippen LogP) is 16.9. The minimum Gasteiger partial charge on any atom is -0.301 e. The van der Waals surface area contributed by atoms with Crippen molar-refractivity contribution in [2.24, 2.45) is 0 Å². The third-order valence-corrected chi connectivity index (χ3v) is 15.9. The quantitative estimate of drug-likeness (QED) is 0.145. The molecule has 10 aliphatic rings. The Bertz CT molecular complexity index is 3860. The van der Waals surface area contributed by atoms with Crippen molar-refractivity contribution in [1.82, 2.24) is 18.3 Å². The van der Waals surface area contributed by atoms with Gasteiger partial charge in [0.2, 0.25) is 0 Å². The van der Waals surface area contributed by atoms with Gasteiger partial charge in [0, 0.05) is 43.1 Å². The lowest BCUT2D eigenvalue weighted by Crippen LogP contribution is -1.91. The van der Waals surface area contributed by atoms with E-state index in [1.54, 1.807) is 0 Å². The Morgan fingerprint density at radius 1 is 0.212 bits per heavy atom. The molecule has 0 unspecified atom stereocenters. The molecule has 10 aliphatic heterocycles. The topological polar surface area (TPSA) is 19.7 Å². The van der Waals surface area contributed by atoms with Crippen molar-refractivity contribution < 1.29 is 0 Å². The number of para-hydroxylation sites is 4. The van der Waals surface area contributed by atoms with Crippen molar-refractivity contribution in [3.63, 3.8) is 0 Å². The van der Waals surface area contributed by atoms with E-state index in [4.69, 9.17) is 0 Å². The van der Waals surface area contributed by atoms with Crippen LogP contribution in [0.3, 0.4) is 0 Å². The van der Waals surface area contributed by atoms with E-state index in [2.05, 4.69) is 237 Å². The van der Waals surface area contributed by atoms with Crippen LogP contribution in [0.15, 0.2) is 194 Å². The van der Waals surface area contributed by atoms with Gasteiger partial charge in [0.15, 0.2) is 0 Å². The van der Waals surface area contributed by atoms with Gasteiger partial charge >= 0.3 is 0 Å². The average Bonchev–Trinajstić information content (AvgIpc) is 4.23. The number of aromatic nitrogens is 4. The summed E-state index contributed by atoms with van der Waals surface area (Å²) in [5, 5.41) is 14.8. The molecule has 6 aromatic heterocycles. The number of thiophene rings is 2. The predicted molar refractivity (Wildman–Crippen MR) is 284 cm³/mol. The van der Waals surface area contributed by atoms with Gasteiger partial charge in [-0.15, -0.1) is 0 Å². The highest BCUT2D eigenvalue weighted by Crippen LogP contribution is 2.42. The molecule has 0 saturated carbocycles. The average molecular weight is 877 g/mol. The molecule has 4 nitrogen and oxygen atoms in total. The van der Waals surface area contributed by atoms with Gasteiger partial charge in [-0.25, -0.2) is 0 Å². The molecule has 24 rings (SSSR count). The Morgan fingerprint density at radius 2 is 0.439 bits per heavy atom. The summed E-state index contributed by atoms with van der Waals surface area (Å²) in [5.41, 5.74) is 14.3. The highest BCUT2D eigenvalue weighted by molar-refractivity contribution is 7.17. The lowest BCUT2D eigenvalue weighted by molar-refractivity contribution is 1.22. The van der Waals surface area contributed by atoms with Crippen molar-refractivity contribution in [2.75, 3.05) is 0 Å². The normalized spacial score (nSPS) is 12.7. The molecule has 20 bridgehead atoms. The fourth-order valence-corrected chi connectivity index (χ4v) is 13.0. The van der Waals surface area contributed by atoms with Crippen molar-refractivity contribution in [3.8, 4) is 20.0 Å². The summed E-state index contributed by atoms with van der Waals surface area (Å²) >= 11 is 3.67. The SMILES string of the molecule is C1=Cc2ccc3c(c2)c2ccccc2n3-c2ccc(s2)-n2c3ccccc3c3cc(ccc32)C=Cc2ccc3c(c2)c2ccccc2n3-c2ccc(s2)-n2c3ccccc3c3cc1ccc32. The smallest absolute Gasteiger partial charge is 0.102 e. The molecule has 0 radical (unpaired) electrons. The number of hydrogen-bond donors (Lipinski definition) is 0. The molecule has 0 N–H and O–H groups in total. The third kappa shape index (κ3) is 5.19. The van der Waals surface area contributed by atoms with E-state index in [1.807, 2.05) is 22.7 Å². The molecule has 6 heteroatoms. The van der Waals surface area contributed by atoms with Gasteiger partial charge in [-0.3, -0.25) is 0 Å². The fraction of sp³-hybridized carbons (Fsp3) is 0. The van der Waals surface area contributed by atoms with Crippen molar-refractivity contribution in [2.45, 2.75) is 0 Å². The van der Waals surface area contributed by atoms with Crippen LogP contribution in [0.4, 0.5) is 0 Å². The van der Waals surface area contributed by atoms with Crippen LogP contribution in [-0.2, 0) is 0 Å². The van der Waals surface area contributed by atoms with E-state index in [0.29, 0.717) is 0 Å². The second-order valence-corrected chi connectivity index (χ2v) is 19.5. The lowest BCUT2D eigenvalue weighted by Gasteiger charge is -2.07. The summed E-state index contributed by atoms with van der Waals surface area (Å²) in [6, 6.07) is 72.1. The third-order valence-electron chi connectivity index (χ3n) is 13.8. The van der Waals surface area contributed by atoms with E-state index in [1.165, 1.54) is 129 Å². The first kappa shape index (κ1) is 36.2. The van der Waals surface area contributed by atoms with E-state index in [0.717, 1.165) is 0 Å². The van der Waals surface area contributed by atoms with Gasteiger partial charge in [-0.05, 0) is 119 Å². The molecule has 0 fully saturated rings. The van der Waals surface area contributed by atoms with Gasteiger partial charge in [0.25, 0.3) is 0 Å². The second kappa shape index (κ2) is 13.7. The van der Waals surface area contributed by atoms with Crippen LogP contribution in [0.5, 0.6) is 0 Å². The molecular formula is C60H36N4S2. The zero-order valence-corrected chi connectivity index (χ0v) is 37.0. The summed E-state index contributed by atoms with van der Waals surface area (Å²) in [5.74, 6) is 0. The van der Waals surface area contributed by atoms with Gasteiger partial charge in [-0.1, -0.05) is 144 Å². The van der Waals surface area contributed by atoms with Crippen molar-refractivity contribution in [3.05, 3.63) is 216 Å². The lowest BCUT2D eigenvalue weighted by atomic mass is 10.1. The van der Waals surface area contributed by atoms with Crippen molar-refractivity contribution >= 4 is 134 Å². The molecule has 0 aliphatic carbocycles. The minimum atomic E-state index is 1.17. The highest BCUT2D eigenvalue weighted by atomic mass is 32.1. The Morgan fingerprint density at radius 3 is 0.697 bits per heavy atom. The standard InChI is InChI=1S/C60H36N4S2/c1-5-13-49-41(9-1)45-33-37-17-18-38-22-26-55-46(34-38)43-11-3-7-15-51(43)63(55)59-31-32-60(66-59)64-52-16-8-4-12-44(52)48-36-40(24-28-56(48)64)20-19-39-23-27-54-47(35-39)42-10-2-6-14-50(42)62(54)58-30-29-57(65-58)61(49)53(45)25-21-37/h1-36H. The van der Waals surface area contributed by atoms with E-state index in [-0.39, 0.29) is 0 Å². The Kier molecular flexibility index (Phi) is 7.50. The van der Waals surface area contributed by atoms with Gasteiger partial charge in [0.1, 0.15) is 20.0 Å². The van der Waals surface area contributed by atoms with Crippen LogP contribution in [0.2, 0.25) is 0 Å². The van der Waals surface area contributed by atoms with Gasteiger partial charge in [0.05, 0.1) is 44.1 Å². The summed E-state index contributed by atoms with van der Waals surface area (Å²) in [7, 11) is 0. The fourth-order valence-electron chi connectivity index (χ4n) is 10.8. The summed E-state index contributed by atoms with van der Waals surface area (Å²) in [4.78, 5) is 0. The number of rotatable bonds is 0. The number of benzene rings is 8. The van der Waals surface area contributed by atoms with E-state index >= 15 is 0 Å². The Labute approximate surface area is 386 Å². The molecule has 16 heterocycles. The first-order valence-electron chi connectivity index (χ1n) is 22.4. The van der Waals surface area contributed by atoms with Gasteiger partial charge in [-0.2, -0.15) is 0 Å². The van der Waals surface area contributed by atoms with Crippen LogP contribution in [0.1, 0.15) is 22.3 Å². The molecular weight excluding hydrogens is 841 g/mol. The molecule has 0 saturated heterocycles. The number of nitrogens with zero attached hydrogens (tertiary/aromatic N) is 4. The highest BCUT2D eigenvalue weighted by Gasteiger charge is 2.20. The first-order valence-corrected chi connectivity index (χ1v) is 24.0. The molecule has 66 heavy (non-hydrogen) atoms. The van der Waals surface area contributed by atoms with Crippen LogP contribution in [0.25, 0.3) is 132 Å². The van der Waals surface area contributed by atoms with Crippen LogP contribution < -0.4 is 0 Å². The molecule has 0 spiro atoms. The molecule has 8 aromatic carbocycles. The first-order chi connectivity index (χ1) is 32.7. The van der Waals surface area contributed by atoms with Crippen LogP contribution in [0, 0.1) is 0 Å². The maximum Gasteiger partial charge on any atom is 0.102 e. The molecule has 308 valence electrons. The minimum absolute atomic E-state index is 1.17. The van der Waals surface area contributed by atoms with E-state index in [9.17, 15) is 0 Å². The summed E-state index contributed by atoms with van der Waals surface area (Å²) in [6.45, 7) is 0. The number of hydrogen-bond acceptors (Lipinski definition) is 2.